The highest BCUT2D eigenvalue weighted by Gasteiger charge is 1.92. The summed E-state index contributed by atoms with van der Waals surface area (Å²) in [5.41, 5.74) is 13.5. The molecule has 0 fully saturated rings. The van der Waals surface area contributed by atoms with Gasteiger partial charge in [-0.25, -0.2) is 0 Å². The molecule has 0 bridgehead atoms. The third kappa shape index (κ3) is 2.60. The minimum Gasteiger partial charge on any atom is -0.399 e. The summed E-state index contributed by atoms with van der Waals surface area (Å²) < 4.78 is 0. The second-order valence-electron chi connectivity index (χ2n) is 2.29. The van der Waals surface area contributed by atoms with E-state index in [0.29, 0.717) is 0 Å². The zero-order valence-electron chi connectivity index (χ0n) is 7.39. The van der Waals surface area contributed by atoms with Crippen LogP contribution in [0, 0.1) is 13.8 Å². The number of nitrogens with two attached hydrogens (primary N) is 2. The first kappa shape index (κ1) is 9.98. The van der Waals surface area contributed by atoms with Crippen LogP contribution in [0.25, 0.3) is 0 Å². The Labute approximate surface area is 68.2 Å². The Balaban J connectivity index is 0.000000461. The van der Waals surface area contributed by atoms with E-state index >= 15 is 0 Å². The van der Waals surface area contributed by atoms with Crippen LogP contribution in [0.15, 0.2) is 18.2 Å². The molecule has 0 saturated heterocycles. The lowest BCUT2D eigenvalue weighted by atomic mass is 10.1. The van der Waals surface area contributed by atoms with Crippen molar-refractivity contribution in [1.29, 1.82) is 0 Å². The molecule has 0 amide bonds. The number of benzene rings is 1. The van der Waals surface area contributed by atoms with Crippen molar-refractivity contribution in [2.75, 3.05) is 12.8 Å². The van der Waals surface area contributed by atoms with E-state index in [9.17, 15) is 0 Å². The van der Waals surface area contributed by atoms with Crippen molar-refractivity contribution in [3.05, 3.63) is 29.3 Å². The molecule has 0 spiro atoms. The van der Waals surface area contributed by atoms with Crippen LogP contribution >= 0.6 is 0 Å². The molecule has 4 N–H and O–H groups in total. The van der Waals surface area contributed by atoms with E-state index in [1.54, 1.807) is 0 Å². The summed E-state index contributed by atoms with van der Waals surface area (Å²) in [4.78, 5) is 0. The summed E-state index contributed by atoms with van der Waals surface area (Å²) in [5, 5.41) is 0. The Morgan fingerprint density at radius 2 is 1.64 bits per heavy atom. The van der Waals surface area contributed by atoms with Crippen molar-refractivity contribution in [1.82, 2.24) is 0 Å². The first-order valence-corrected chi connectivity index (χ1v) is 3.61. The number of aryl methyl sites for hydroxylation is 1. The summed E-state index contributed by atoms with van der Waals surface area (Å²) in [7, 11) is 1.50. The second kappa shape index (κ2) is 4.74. The Morgan fingerprint density at radius 3 is 2.00 bits per heavy atom. The van der Waals surface area contributed by atoms with Gasteiger partial charge in [0, 0.05) is 5.69 Å². The number of nitrogen functional groups attached to an aromatic ring is 1. The van der Waals surface area contributed by atoms with Crippen molar-refractivity contribution < 1.29 is 0 Å². The van der Waals surface area contributed by atoms with Gasteiger partial charge in [-0.3, -0.25) is 0 Å². The van der Waals surface area contributed by atoms with Crippen molar-refractivity contribution >= 4 is 5.69 Å². The van der Waals surface area contributed by atoms with E-state index in [4.69, 9.17) is 5.73 Å². The molecule has 0 aromatic heterocycles. The SMILES string of the molecule is CN.Cc1cccc(N)c1C. The maximum absolute atomic E-state index is 5.62. The van der Waals surface area contributed by atoms with Gasteiger partial charge >= 0.3 is 0 Å². The molecule has 1 rings (SSSR count). The minimum atomic E-state index is 0.884. The van der Waals surface area contributed by atoms with Gasteiger partial charge in [-0.05, 0) is 38.1 Å². The van der Waals surface area contributed by atoms with Crippen LogP contribution in [0.4, 0.5) is 5.69 Å². The third-order valence-electron chi connectivity index (χ3n) is 1.65. The fraction of sp³-hybridized carbons (Fsp3) is 0.333. The molecular weight excluding hydrogens is 136 g/mol. The summed E-state index contributed by atoms with van der Waals surface area (Å²) in [5.74, 6) is 0. The van der Waals surface area contributed by atoms with E-state index in [1.165, 1.54) is 18.2 Å². The molecule has 0 radical (unpaired) electrons. The quantitative estimate of drug-likeness (QED) is 0.553. The molecule has 0 atom stereocenters. The van der Waals surface area contributed by atoms with Gasteiger partial charge in [-0.15, -0.1) is 0 Å². The molecule has 0 aliphatic carbocycles. The lowest BCUT2D eigenvalue weighted by Crippen LogP contribution is -1.90. The molecule has 0 saturated carbocycles. The van der Waals surface area contributed by atoms with Gasteiger partial charge in [0.15, 0.2) is 0 Å². The molecule has 0 aliphatic rings. The standard InChI is InChI=1S/C8H11N.CH5N/c1-6-4-3-5-8(9)7(6)2;1-2/h3-5H,9H2,1-2H3;2H2,1H3. The van der Waals surface area contributed by atoms with Crippen LogP contribution in [0.2, 0.25) is 0 Å². The van der Waals surface area contributed by atoms with E-state index in [2.05, 4.69) is 18.7 Å². The lowest BCUT2D eigenvalue weighted by molar-refractivity contribution is 1.35. The fourth-order valence-electron chi connectivity index (χ4n) is 0.774. The predicted octanol–water partition coefficient (Wildman–Crippen LogP) is 1.46. The van der Waals surface area contributed by atoms with Crippen LogP contribution in [-0.2, 0) is 0 Å². The molecule has 2 heteroatoms. The number of hydrogen-bond acceptors (Lipinski definition) is 2. The van der Waals surface area contributed by atoms with E-state index in [0.717, 1.165) is 5.69 Å². The first-order chi connectivity index (χ1) is 5.22. The van der Waals surface area contributed by atoms with Gasteiger partial charge in [-0.2, -0.15) is 0 Å². The normalized spacial score (nSPS) is 8.36. The predicted molar refractivity (Wildman–Crippen MR) is 50.4 cm³/mol. The fourth-order valence-corrected chi connectivity index (χ4v) is 0.774. The molecule has 62 valence electrons. The van der Waals surface area contributed by atoms with Crippen LogP contribution in [0.5, 0.6) is 0 Å². The van der Waals surface area contributed by atoms with Gasteiger partial charge in [0.2, 0.25) is 0 Å². The minimum absolute atomic E-state index is 0.884. The van der Waals surface area contributed by atoms with Gasteiger partial charge in [0.05, 0.1) is 0 Å². The van der Waals surface area contributed by atoms with Crippen LogP contribution in [-0.4, -0.2) is 7.05 Å². The van der Waals surface area contributed by atoms with Crippen molar-refractivity contribution in [2.24, 2.45) is 5.73 Å². The van der Waals surface area contributed by atoms with Crippen LogP contribution in [0.1, 0.15) is 11.1 Å². The van der Waals surface area contributed by atoms with Gasteiger partial charge in [0.25, 0.3) is 0 Å². The molecule has 2 nitrogen and oxygen atoms in total. The van der Waals surface area contributed by atoms with Crippen LogP contribution in [0.3, 0.4) is 0 Å². The van der Waals surface area contributed by atoms with E-state index in [1.807, 2.05) is 19.1 Å². The second-order valence-corrected chi connectivity index (χ2v) is 2.29. The Hall–Kier alpha value is -1.02. The number of anilines is 1. The number of hydrogen-bond donors (Lipinski definition) is 2. The van der Waals surface area contributed by atoms with E-state index in [-0.39, 0.29) is 0 Å². The van der Waals surface area contributed by atoms with Gasteiger partial charge in [-0.1, -0.05) is 12.1 Å². The zero-order valence-corrected chi connectivity index (χ0v) is 7.39. The Kier molecular flexibility index (Phi) is 4.30. The Morgan fingerprint density at radius 1 is 1.09 bits per heavy atom. The summed E-state index contributed by atoms with van der Waals surface area (Å²) in [6, 6.07) is 5.95. The topological polar surface area (TPSA) is 52.0 Å². The first-order valence-electron chi connectivity index (χ1n) is 3.61. The van der Waals surface area contributed by atoms with Crippen molar-refractivity contribution in [3.63, 3.8) is 0 Å². The van der Waals surface area contributed by atoms with Crippen molar-refractivity contribution in [2.45, 2.75) is 13.8 Å². The van der Waals surface area contributed by atoms with E-state index < -0.39 is 0 Å². The molecule has 1 aromatic rings. The average molecular weight is 152 g/mol. The van der Waals surface area contributed by atoms with Gasteiger partial charge < -0.3 is 11.5 Å². The van der Waals surface area contributed by atoms with Gasteiger partial charge in [0.1, 0.15) is 0 Å². The smallest absolute Gasteiger partial charge is 0.0346 e. The third-order valence-corrected chi connectivity index (χ3v) is 1.65. The molecule has 0 unspecified atom stereocenters. The number of rotatable bonds is 0. The average Bonchev–Trinajstić information content (AvgIpc) is 2.04. The maximum atomic E-state index is 5.62. The maximum Gasteiger partial charge on any atom is 0.0346 e. The summed E-state index contributed by atoms with van der Waals surface area (Å²) in [6.45, 7) is 4.09. The lowest BCUT2D eigenvalue weighted by Gasteiger charge is -2.00. The Bertz CT molecular complexity index is 199. The molecule has 0 heterocycles. The summed E-state index contributed by atoms with van der Waals surface area (Å²) >= 11 is 0. The highest BCUT2D eigenvalue weighted by atomic mass is 14.5. The highest BCUT2D eigenvalue weighted by Crippen LogP contribution is 2.13. The summed E-state index contributed by atoms with van der Waals surface area (Å²) in [6.07, 6.45) is 0. The molecule has 0 aliphatic heterocycles. The van der Waals surface area contributed by atoms with Crippen LogP contribution < -0.4 is 11.5 Å². The van der Waals surface area contributed by atoms with Crippen molar-refractivity contribution in [3.8, 4) is 0 Å². The molecular formula is C9H16N2. The highest BCUT2D eigenvalue weighted by molar-refractivity contribution is 5.49. The largest absolute Gasteiger partial charge is 0.399 e. The zero-order chi connectivity index (χ0) is 8.85. The molecule has 11 heavy (non-hydrogen) atoms. The molecule has 1 aromatic carbocycles. The monoisotopic (exact) mass is 152 g/mol.